The quantitative estimate of drug-likeness (QED) is 0.621. The summed E-state index contributed by atoms with van der Waals surface area (Å²) in [5.41, 5.74) is 2.26. The fourth-order valence-corrected chi connectivity index (χ4v) is 2.25. The van der Waals surface area contributed by atoms with E-state index in [0.29, 0.717) is 15.8 Å². The maximum Gasteiger partial charge on any atom is 0.147 e. The highest BCUT2D eigenvalue weighted by Crippen LogP contribution is 2.33. The summed E-state index contributed by atoms with van der Waals surface area (Å²) < 4.78 is 5.79. The molecule has 0 atom stereocenters. The van der Waals surface area contributed by atoms with E-state index in [2.05, 4.69) is 22.0 Å². The van der Waals surface area contributed by atoms with Gasteiger partial charge in [-0.1, -0.05) is 51.3 Å². The predicted octanol–water partition coefficient (Wildman–Crippen LogP) is 5.99. The van der Waals surface area contributed by atoms with E-state index in [0.717, 1.165) is 16.6 Å². The lowest BCUT2D eigenvalue weighted by Gasteiger charge is -2.11. The highest BCUT2D eigenvalue weighted by Gasteiger charge is 2.07. The Bertz CT molecular complexity index is 570. The van der Waals surface area contributed by atoms with Crippen LogP contribution in [-0.2, 0) is 5.33 Å². The van der Waals surface area contributed by atoms with Crippen LogP contribution in [0.1, 0.15) is 11.1 Å². The molecule has 2 aromatic rings. The first-order valence-electron chi connectivity index (χ1n) is 5.38. The average Bonchev–Trinajstić information content (AvgIpc) is 2.36. The molecular formula is C14H11BrCl2O. The molecule has 0 saturated heterocycles. The number of ether oxygens (including phenoxy) is 1. The van der Waals surface area contributed by atoms with E-state index in [-0.39, 0.29) is 0 Å². The van der Waals surface area contributed by atoms with Crippen LogP contribution in [0.15, 0.2) is 36.4 Å². The van der Waals surface area contributed by atoms with Gasteiger partial charge < -0.3 is 4.74 Å². The van der Waals surface area contributed by atoms with Gasteiger partial charge >= 0.3 is 0 Å². The minimum atomic E-state index is 0.545. The second-order valence-electron chi connectivity index (χ2n) is 3.91. The number of rotatable bonds is 3. The lowest BCUT2D eigenvalue weighted by atomic mass is 10.1. The van der Waals surface area contributed by atoms with Crippen LogP contribution in [-0.4, -0.2) is 0 Å². The number of halogens is 3. The minimum Gasteiger partial charge on any atom is -0.455 e. The van der Waals surface area contributed by atoms with E-state index >= 15 is 0 Å². The zero-order chi connectivity index (χ0) is 13.1. The molecule has 0 N–H and O–H groups in total. The molecule has 0 saturated carbocycles. The van der Waals surface area contributed by atoms with Crippen molar-refractivity contribution in [1.29, 1.82) is 0 Å². The van der Waals surface area contributed by atoms with Gasteiger partial charge in [0.1, 0.15) is 11.5 Å². The molecule has 18 heavy (non-hydrogen) atoms. The van der Waals surface area contributed by atoms with Crippen molar-refractivity contribution in [2.24, 2.45) is 0 Å². The van der Waals surface area contributed by atoms with E-state index < -0.39 is 0 Å². The Balaban J connectivity index is 2.31. The first-order valence-corrected chi connectivity index (χ1v) is 7.26. The van der Waals surface area contributed by atoms with Crippen molar-refractivity contribution in [2.45, 2.75) is 12.3 Å². The van der Waals surface area contributed by atoms with E-state index in [4.69, 9.17) is 27.9 Å². The molecule has 0 unspecified atom stereocenters. The normalized spacial score (nSPS) is 10.4. The maximum atomic E-state index is 6.07. The molecule has 94 valence electrons. The average molecular weight is 346 g/mol. The number of alkyl halides is 1. The predicted molar refractivity (Wildman–Crippen MR) is 80.3 cm³/mol. The van der Waals surface area contributed by atoms with Gasteiger partial charge in [-0.2, -0.15) is 0 Å². The molecule has 0 fully saturated rings. The maximum absolute atomic E-state index is 6.07. The minimum absolute atomic E-state index is 0.545. The second kappa shape index (κ2) is 5.96. The summed E-state index contributed by atoms with van der Waals surface area (Å²) in [5, 5.41) is 1.97. The van der Waals surface area contributed by atoms with Crippen LogP contribution in [0.5, 0.6) is 11.5 Å². The molecule has 0 bridgehead atoms. The van der Waals surface area contributed by atoms with E-state index in [1.165, 1.54) is 5.56 Å². The van der Waals surface area contributed by atoms with Crippen molar-refractivity contribution in [3.8, 4) is 11.5 Å². The van der Waals surface area contributed by atoms with Crippen LogP contribution < -0.4 is 4.74 Å². The van der Waals surface area contributed by atoms with Crippen LogP contribution in [0.2, 0.25) is 10.0 Å². The van der Waals surface area contributed by atoms with Crippen LogP contribution in [0, 0.1) is 6.92 Å². The SMILES string of the molecule is Cc1cc(CBr)ccc1Oc1cc(Cl)ccc1Cl. The Kier molecular flexibility index (Phi) is 4.55. The van der Waals surface area contributed by atoms with Gasteiger partial charge in [0, 0.05) is 16.4 Å². The highest BCUT2D eigenvalue weighted by molar-refractivity contribution is 9.08. The molecule has 0 radical (unpaired) electrons. The van der Waals surface area contributed by atoms with Crippen molar-refractivity contribution in [3.05, 3.63) is 57.6 Å². The van der Waals surface area contributed by atoms with Gasteiger partial charge in [-0.3, -0.25) is 0 Å². The summed E-state index contributed by atoms with van der Waals surface area (Å²) in [7, 11) is 0. The largest absolute Gasteiger partial charge is 0.455 e. The third-order valence-corrected chi connectivity index (χ3v) is 3.70. The number of hydrogen-bond acceptors (Lipinski definition) is 1. The fraction of sp³-hybridized carbons (Fsp3) is 0.143. The number of aryl methyl sites for hydroxylation is 1. The first-order chi connectivity index (χ1) is 8.60. The van der Waals surface area contributed by atoms with Gasteiger partial charge in [-0.25, -0.2) is 0 Å². The fourth-order valence-electron chi connectivity index (χ4n) is 1.58. The van der Waals surface area contributed by atoms with E-state index in [1.54, 1.807) is 18.2 Å². The Morgan fingerprint density at radius 3 is 2.50 bits per heavy atom. The van der Waals surface area contributed by atoms with Crippen molar-refractivity contribution >= 4 is 39.1 Å². The van der Waals surface area contributed by atoms with Gasteiger partial charge in [0.15, 0.2) is 0 Å². The zero-order valence-corrected chi connectivity index (χ0v) is 12.8. The van der Waals surface area contributed by atoms with E-state index in [1.807, 2.05) is 19.1 Å². The van der Waals surface area contributed by atoms with Crippen LogP contribution in [0.3, 0.4) is 0 Å². The monoisotopic (exact) mass is 344 g/mol. The topological polar surface area (TPSA) is 9.23 Å². The van der Waals surface area contributed by atoms with Crippen molar-refractivity contribution in [1.82, 2.24) is 0 Å². The highest BCUT2D eigenvalue weighted by atomic mass is 79.9. The number of hydrogen-bond donors (Lipinski definition) is 0. The molecule has 2 aromatic carbocycles. The van der Waals surface area contributed by atoms with Crippen LogP contribution in [0.4, 0.5) is 0 Å². The molecule has 0 spiro atoms. The standard InChI is InChI=1S/C14H11BrCl2O/c1-9-6-10(8-15)2-5-13(9)18-14-7-11(16)3-4-12(14)17/h2-7H,8H2,1H3. The third kappa shape index (κ3) is 3.19. The van der Waals surface area contributed by atoms with Gasteiger partial charge in [-0.05, 0) is 36.2 Å². The molecule has 4 heteroatoms. The lowest BCUT2D eigenvalue weighted by Crippen LogP contribution is -1.90. The Morgan fingerprint density at radius 1 is 1.06 bits per heavy atom. The molecule has 0 aromatic heterocycles. The summed E-state index contributed by atoms with van der Waals surface area (Å²) in [5.74, 6) is 1.35. The molecule has 0 amide bonds. The molecule has 0 heterocycles. The van der Waals surface area contributed by atoms with Crippen molar-refractivity contribution in [2.75, 3.05) is 0 Å². The Labute approximate surface area is 125 Å². The molecule has 0 aliphatic rings. The Morgan fingerprint density at radius 2 is 1.83 bits per heavy atom. The third-order valence-electron chi connectivity index (χ3n) is 2.51. The Hall–Kier alpha value is -0.700. The molecule has 2 rings (SSSR count). The summed E-state index contributed by atoms with van der Waals surface area (Å²) >= 11 is 15.4. The van der Waals surface area contributed by atoms with Gasteiger partial charge in [0.05, 0.1) is 5.02 Å². The summed E-state index contributed by atoms with van der Waals surface area (Å²) in [4.78, 5) is 0. The first kappa shape index (κ1) is 13.7. The summed E-state index contributed by atoms with van der Waals surface area (Å²) in [6.07, 6.45) is 0. The van der Waals surface area contributed by atoms with Crippen LogP contribution >= 0.6 is 39.1 Å². The molecule has 0 aliphatic carbocycles. The molecular weight excluding hydrogens is 335 g/mol. The zero-order valence-electron chi connectivity index (χ0n) is 9.71. The molecule has 1 nitrogen and oxygen atoms in total. The van der Waals surface area contributed by atoms with Gasteiger partial charge in [0.2, 0.25) is 0 Å². The van der Waals surface area contributed by atoms with E-state index in [9.17, 15) is 0 Å². The summed E-state index contributed by atoms with van der Waals surface area (Å²) in [6.45, 7) is 2.00. The molecule has 0 aliphatic heterocycles. The lowest BCUT2D eigenvalue weighted by molar-refractivity contribution is 0.479. The smallest absolute Gasteiger partial charge is 0.147 e. The number of benzene rings is 2. The van der Waals surface area contributed by atoms with Crippen LogP contribution in [0.25, 0.3) is 0 Å². The van der Waals surface area contributed by atoms with Gasteiger partial charge in [-0.15, -0.1) is 0 Å². The van der Waals surface area contributed by atoms with Crippen molar-refractivity contribution in [3.63, 3.8) is 0 Å². The second-order valence-corrected chi connectivity index (χ2v) is 5.31. The summed E-state index contributed by atoms with van der Waals surface area (Å²) in [6, 6.07) is 11.2. The van der Waals surface area contributed by atoms with Crippen molar-refractivity contribution < 1.29 is 4.74 Å². The van der Waals surface area contributed by atoms with Gasteiger partial charge in [0.25, 0.3) is 0 Å².